The number of carbonyl (C=O) groups is 3. The number of nitrogens with one attached hydrogen (secondary N) is 2. The van der Waals surface area contributed by atoms with Crippen molar-refractivity contribution in [3.05, 3.63) is 60.2 Å². The van der Waals surface area contributed by atoms with Crippen LogP contribution in [0.2, 0.25) is 0 Å². The summed E-state index contributed by atoms with van der Waals surface area (Å²) in [6.07, 6.45) is 0.747. The topological polar surface area (TPSA) is 84.5 Å². The van der Waals surface area contributed by atoms with E-state index in [0.717, 1.165) is 12.1 Å². The number of thioether (sulfide) groups is 1. The zero-order valence-electron chi connectivity index (χ0n) is 15.1. The molecule has 2 amide bonds. The predicted octanol–water partition coefficient (Wildman–Crippen LogP) is 3.56. The zero-order valence-corrected chi connectivity index (χ0v) is 15.9. The lowest BCUT2D eigenvalue weighted by Crippen LogP contribution is -2.18. The lowest BCUT2D eigenvalue weighted by Gasteiger charge is -2.08. The van der Waals surface area contributed by atoms with Crippen LogP contribution in [0.5, 0.6) is 0 Å². The van der Waals surface area contributed by atoms with Gasteiger partial charge in [-0.2, -0.15) is 0 Å². The SMILES string of the molecule is CCCOC(=O)c1cccc(NC(=O)CSCC(=O)Nc2ccccc2)c1. The Balaban J connectivity index is 1.75. The smallest absolute Gasteiger partial charge is 0.338 e. The van der Waals surface area contributed by atoms with Gasteiger partial charge in [0.1, 0.15) is 0 Å². The van der Waals surface area contributed by atoms with Gasteiger partial charge in [-0.3, -0.25) is 9.59 Å². The first kappa shape index (κ1) is 20.5. The minimum atomic E-state index is -0.417. The summed E-state index contributed by atoms with van der Waals surface area (Å²) >= 11 is 1.21. The highest BCUT2D eigenvalue weighted by molar-refractivity contribution is 8.00. The summed E-state index contributed by atoms with van der Waals surface area (Å²) in [5, 5.41) is 5.48. The quantitative estimate of drug-likeness (QED) is 0.644. The molecule has 0 atom stereocenters. The second kappa shape index (κ2) is 11.0. The molecular formula is C20H22N2O4S. The molecule has 0 bridgehead atoms. The molecule has 2 rings (SSSR count). The van der Waals surface area contributed by atoms with Crippen molar-refractivity contribution in [3.8, 4) is 0 Å². The molecule has 0 aromatic heterocycles. The summed E-state index contributed by atoms with van der Waals surface area (Å²) < 4.78 is 5.08. The maximum atomic E-state index is 12.0. The molecule has 6 nitrogen and oxygen atoms in total. The Hall–Kier alpha value is -2.80. The number of benzene rings is 2. The maximum absolute atomic E-state index is 12.0. The number of carbonyl (C=O) groups excluding carboxylic acids is 3. The molecule has 0 saturated carbocycles. The molecule has 0 radical (unpaired) electrons. The Labute approximate surface area is 162 Å². The van der Waals surface area contributed by atoms with E-state index >= 15 is 0 Å². The highest BCUT2D eigenvalue weighted by atomic mass is 32.2. The van der Waals surface area contributed by atoms with Crippen LogP contribution in [0.15, 0.2) is 54.6 Å². The molecular weight excluding hydrogens is 364 g/mol. The molecule has 0 unspecified atom stereocenters. The van der Waals surface area contributed by atoms with Crippen LogP contribution >= 0.6 is 11.8 Å². The average Bonchev–Trinajstić information content (AvgIpc) is 2.67. The molecule has 142 valence electrons. The van der Waals surface area contributed by atoms with Gasteiger partial charge in [-0.25, -0.2) is 4.79 Å². The van der Waals surface area contributed by atoms with Crippen molar-refractivity contribution >= 4 is 40.9 Å². The van der Waals surface area contributed by atoms with E-state index < -0.39 is 5.97 Å². The molecule has 0 spiro atoms. The summed E-state index contributed by atoms with van der Waals surface area (Å²) in [5.41, 5.74) is 1.62. The Bertz CT molecular complexity index is 781. The lowest BCUT2D eigenvalue weighted by atomic mass is 10.2. The summed E-state index contributed by atoms with van der Waals surface area (Å²) in [7, 11) is 0. The minimum Gasteiger partial charge on any atom is -0.462 e. The molecule has 0 aliphatic rings. The fourth-order valence-electron chi connectivity index (χ4n) is 2.15. The van der Waals surface area contributed by atoms with Crippen molar-refractivity contribution in [1.82, 2.24) is 0 Å². The third-order valence-corrected chi connectivity index (χ3v) is 4.28. The molecule has 0 aliphatic heterocycles. The van der Waals surface area contributed by atoms with Crippen LogP contribution in [0.3, 0.4) is 0 Å². The van der Waals surface area contributed by atoms with E-state index in [1.807, 2.05) is 25.1 Å². The Morgan fingerprint density at radius 2 is 1.52 bits per heavy atom. The Kier molecular flexibility index (Phi) is 8.38. The van der Waals surface area contributed by atoms with Crippen molar-refractivity contribution in [2.45, 2.75) is 13.3 Å². The van der Waals surface area contributed by atoms with Gasteiger partial charge in [0.15, 0.2) is 0 Å². The zero-order chi connectivity index (χ0) is 19.5. The number of hydrogen-bond donors (Lipinski definition) is 2. The first-order chi connectivity index (χ1) is 13.1. The number of para-hydroxylation sites is 1. The second-order valence-electron chi connectivity index (χ2n) is 5.67. The third kappa shape index (κ3) is 7.53. The monoisotopic (exact) mass is 386 g/mol. The Morgan fingerprint density at radius 3 is 2.19 bits per heavy atom. The van der Waals surface area contributed by atoms with Crippen LogP contribution < -0.4 is 10.6 Å². The van der Waals surface area contributed by atoms with Crippen molar-refractivity contribution in [1.29, 1.82) is 0 Å². The number of esters is 1. The predicted molar refractivity (Wildman–Crippen MR) is 108 cm³/mol. The van der Waals surface area contributed by atoms with Gasteiger partial charge < -0.3 is 15.4 Å². The van der Waals surface area contributed by atoms with E-state index in [-0.39, 0.29) is 23.3 Å². The average molecular weight is 386 g/mol. The Morgan fingerprint density at radius 1 is 0.889 bits per heavy atom. The van der Waals surface area contributed by atoms with Crippen LogP contribution in [0.4, 0.5) is 11.4 Å². The van der Waals surface area contributed by atoms with Gasteiger partial charge in [-0.05, 0) is 36.8 Å². The van der Waals surface area contributed by atoms with Gasteiger partial charge in [-0.1, -0.05) is 31.2 Å². The fraction of sp³-hybridized carbons (Fsp3) is 0.250. The van der Waals surface area contributed by atoms with Crippen LogP contribution in [0.1, 0.15) is 23.7 Å². The normalized spacial score (nSPS) is 10.1. The number of anilines is 2. The number of rotatable bonds is 9. The van der Waals surface area contributed by atoms with Crippen LogP contribution in [-0.4, -0.2) is 35.9 Å². The maximum Gasteiger partial charge on any atom is 0.338 e. The largest absolute Gasteiger partial charge is 0.462 e. The van der Waals surface area contributed by atoms with Crippen molar-refractivity contribution in [2.75, 3.05) is 28.7 Å². The molecule has 2 aromatic rings. The summed E-state index contributed by atoms with van der Waals surface area (Å²) in [6, 6.07) is 15.7. The number of amides is 2. The van der Waals surface area contributed by atoms with Crippen molar-refractivity contribution in [2.24, 2.45) is 0 Å². The van der Waals surface area contributed by atoms with Gasteiger partial charge in [0.2, 0.25) is 11.8 Å². The van der Waals surface area contributed by atoms with E-state index in [1.165, 1.54) is 11.8 Å². The van der Waals surface area contributed by atoms with Gasteiger partial charge in [0.05, 0.1) is 23.7 Å². The molecule has 27 heavy (non-hydrogen) atoms. The van der Waals surface area contributed by atoms with E-state index in [4.69, 9.17) is 4.74 Å². The summed E-state index contributed by atoms with van der Waals surface area (Å²) in [4.78, 5) is 35.7. The third-order valence-electron chi connectivity index (χ3n) is 3.34. The van der Waals surface area contributed by atoms with Crippen LogP contribution in [-0.2, 0) is 14.3 Å². The molecule has 0 fully saturated rings. The summed E-state index contributed by atoms with van der Waals surface area (Å²) in [5.74, 6) is -0.524. The van der Waals surface area contributed by atoms with Gasteiger partial charge in [0.25, 0.3) is 0 Å². The summed E-state index contributed by atoms with van der Waals surface area (Å²) in [6.45, 7) is 2.28. The fourth-order valence-corrected chi connectivity index (χ4v) is 2.77. The van der Waals surface area contributed by atoms with E-state index in [9.17, 15) is 14.4 Å². The first-order valence-corrected chi connectivity index (χ1v) is 9.73. The van der Waals surface area contributed by atoms with Crippen LogP contribution in [0.25, 0.3) is 0 Å². The van der Waals surface area contributed by atoms with Crippen molar-refractivity contribution in [3.63, 3.8) is 0 Å². The molecule has 2 aromatic carbocycles. The molecule has 7 heteroatoms. The number of ether oxygens (including phenoxy) is 1. The highest BCUT2D eigenvalue weighted by Crippen LogP contribution is 2.13. The molecule has 0 saturated heterocycles. The van der Waals surface area contributed by atoms with Crippen molar-refractivity contribution < 1.29 is 19.1 Å². The first-order valence-electron chi connectivity index (χ1n) is 8.58. The lowest BCUT2D eigenvalue weighted by molar-refractivity contribution is -0.114. The minimum absolute atomic E-state index is 0.132. The standard InChI is InChI=1S/C20H22N2O4S/c1-2-11-26-20(25)15-7-6-10-17(12-15)22-19(24)14-27-13-18(23)21-16-8-4-3-5-9-16/h3-10,12H,2,11,13-14H2,1H3,(H,21,23)(H,22,24). The van der Waals surface area contributed by atoms with Gasteiger partial charge >= 0.3 is 5.97 Å². The van der Waals surface area contributed by atoms with Gasteiger partial charge in [0, 0.05) is 11.4 Å². The van der Waals surface area contributed by atoms with E-state index in [1.54, 1.807) is 36.4 Å². The highest BCUT2D eigenvalue weighted by Gasteiger charge is 2.10. The van der Waals surface area contributed by atoms with Crippen LogP contribution in [0, 0.1) is 0 Å². The molecule has 2 N–H and O–H groups in total. The van der Waals surface area contributed by atoms with E-state index in [2.05, 4.69) is 10.6 Å². The second-order valence-corrected chi connectivity index (χ2v) is 6.66. The van der Waals surface area contributed by atoms with Gasteiger partial charge in [-0.15, -0.1) is 11.8 Å². The number of hydrogen-bond acceptors (Lipinski definition) is 5. The van der Waals surface area contributed by atoms with E-state index in [0.29, 0.717) is 17.9 Å². The molecule has 0 heterocycles. The molecule has 0 aliphatic carbocycles.